The molecule has 0 bridgehead atoms. The highest BCUT2D eigenvalue weighted by Crippen LogP contribution is 2.28. The van der Waals surface area contributed by atoms with Gasteiger partial charge in [-0.2, -0.15) is 0 Å². The third kappa shape index (κ3) is 2.83. The van der Waals surface area contributed by atoms with E-state index in [4.69, 9.17) is 15.9 Å². The SMILES string of the molecule is C#CCn1nnnc1Cc1ccc(OC)c(OC)c1. The van der Waals surface area contributed by atoms with Crippen LogP contribution in [0.3, 0.4) is 0 Å². The van der Waals surface area contributed by atoms with Gasteiger partial charge >= 0.3 is 0 Å². The van der Waals surface area contributed by atoms with Crippen molar-refractivity contribution < 1.29 is 9.47 Å². The van der Waals surface area contributed by atoms with Gasteiger partial charge in [0.05, 0.1) is 14.2 Å². The summed E-state index contributed by atoms with van der Waals surface area (Å²) in [6.07, 6.45) is 5.84. The summed E-state index contributed by atoms with van der Waals surface area (Å²) in [6.45, 7) is 0.357. The number of nitrogens with zero attached hydrogens (tertiary/aromatic N) is 4. The molecule has 0 unspecified atom stereocenters. The van der Waals surface area contributed by atoms with Gasteiger partial charge in [0.25, 0.3) is 0 Å². The van der Waals surface area contributed by atoms with Gasteiger partial charge in [-0.3, -0.25) is 0 Å². The lowest BCUT2D eigenvalue weighted by molar-refractivity contribution is 0.354. The van der Waals surface area contributed by atoms with E-state index in [2.05, 4.69) is 21.4 Å². The van der Waals surface area contributed by atoms with E-state index in [9.17, 15) is 0 Å². The smallest absolute Gasteiger partial charge is 0.161 e. The zero-order valence-corrected chi connectivity index (χ0v) is 10.8. The molecule has 0 saturated carbocycles. The van der Waals surface area contributed by atoms with E-state index in [1.165, 1.54) is 0 Å². The molecule has 0 radical (unpaired) electrons. The van der Waals surface area contributed by atoms with Crippen molar-refractivity contribution in [2.75, 3.05) is 14.2 Å². The summed E-state index contributed by atoms with van der Waals surface area (Å²) in [7, 11) is 3.20. The van der Waals surface area contributed by atoms with Gasteiger partial charge in [-0.25, -0.2) is 4.68 Å². The van der Waals surface area contributed by atoms with Gasteiger partial charge in [0.15, 0.2) is 17.3 Å². The van der Waals surface area contributed by atoms with Crippen LogP contribution in [0.25, 0.3) is 0 Å². The van der Waals surface area contributed by atoms with Crippen molar-refractivity contribution in [2.45, 2.75) is 13.0 Å². The molecule has 0 atom stereocenters. The van der Waals surface area contributed by atoms with E-state index in [0.29, 0.717) is 30.3 Å². The van der Waals surface area contributed by atoms with E-state index in [1.54, 1.807) is 18.9 Å². The Morgan fingerprint density at radius 1 is 1.26 bits per heavy atom. The summed E-state index contributed by atoms with van der Waals surface area (Å²) in [4.78, 5) is 0. The number of methoxy groups -OCH3 is 2. The fraction of sp³-hybridized carbons (Fsp3) is 0.308. The van der Waals surface area contributed by atoms with Gasteiger partial charge in [0.1, 0.15) is 6.54 Å². The molecule has 0 N–H and O–H groups in total. The summed E-state index contributed by atoms with van der Waals surface area (Å²) in [5.41, 5.74) is 1.02. The van der Waals surface area contributed by atoms with Crippen LogP contribution < -0.4 is 9.47 Å². The summed E-state index contributed by atoms with van der Waals surface area (Å²) in [5.74, 6) is 4.59. The Morgan fingerprint density at radius 2 is 2.05 bits per heavy atom. The molecular weight excluding hydrogens is 244 g/mol. The largest absolute Gasteiger partial charge is 0.493 e. The van der Waals surface area contributed by atoms with Crippen LogP contribution in [-0.2, 0) is 13.0 Å². The second kappa shape index (κ2) is 5.87. The lowest BCUT2D eigenvalue weighted by Crippen LogP contribution is -2.05. The number of tetrazole rings is 1. The topological polar surface area (TPSA) is 62.1 Å². The Kier molecular flexibility index (Phi) is 3.98. The standard InChI is InChI=1S/C13H14N4O2/c1-4-7-17-13(14-15-16-17)9-10-5-6-11(18-2)12(8-10)19-3/h1,5-6,8H,7,9H2,2-3H3. The Bertz CT molecular complexity index is 601. The average Bonchev–Trinajstić information content (AvgIpc) is 2.86. The van der Waals surface area contributed by atoms with E-state index in [1.807, 2.05) is 18.2 Å². The van der Waals surface area contributed by atoms with Crippen molar-refractivity contribution in [2.24, 2.45) is 0 Å². The summed E-state index contributed by atoms with van der Waals surface area (Å²) >= 11 is 0. The number of benzene rings is 1. The molecule has 0 saturated heterocycles. The fourth-order valence-electron chi connectivity index (χ4n) is 1.73. The molecule has 0 fully saturated rings. The molecule has 6 heteroatoms. The van der Waals surface area contributed by atoms with Crippen LogP contribution in [0.15, 0.2) is 18.2 Å². The first-order valence-electron chi connectivity index (χ1n) is 5.68. The number of hydrogen-bond donors (Lipinski definition) is 0. The predicted octanol–water partition coefficient (Wildman–Crippen LogP) is 0.914. The van der Waals surface area contributed by atoms with Gasteiger partial charge in [-0.1, -0.05) is 12.0 Å². The van der Waals surface area contributed by atoms with E-state index in [-0.39, 0.29) is 0 Å². The first-order valence-corrected chi connectivity index (χ1v) is 5.68. The highest BCUT2D eigenvalue weighted by atomic mass is 16.5. The van der Waals surface area contributed by atoms with Crippen LogP contribution in [0, 0.1) is 12.3 Å². The van der Waals surface area contributed by atoms with Crippen molar-refractivity contribution in [3.8, 4) is 23.8 Å². The van der Waals surface area contributed by atoms with Crippen molar-refractivity contribution >= 4 is 0 Å². The Labute approximate surface area is 111 Å². The molecule has 0 aliphatic carbocycles. The lowest BCUT2D eigenvalue weighted by atomic mass is 10.1. The van der Waals surface area contributed by atoms with Crippen molar-refractivity contribution in [3.63, 3.8) is 0 Å². The van der Waals surface area contributed by atoms with Crippen LogP contribution in [0.1, 0.15) is 11.4 Å². The minimum Gasteiger partial charge on any atom is -0.493 e. The number of hydrogen-bond acceptors (Lipinski definition) is 5. The normalized spacial score (nSPS) is 9.95. The van der Waals surface area contributed by atoms with Crippen LogP contribution >= 0.6 is 0 Å². The first-order chi connectivity index (χ1) is 9.28. The van der Waals surface area contributed by atoms with Crippen LogP contribution in [-0.4, -0.2) is 34.4 Å². The number of rotatable bonds is 5. The van der Waals surface area contributed by atoms with Gasteiger partial charge < -0.3 is 9.47 Å². The van der Waals surface area contributed by atoms with E-state index >= 15 is 0 Å². The van der Waals surface area contributed by atoms with Crippen molar-refractivity contribution in [1.29, 1.82) is 0 Å². The van der Waals surface area contributed by atoms with E-state index < -0.39 is 0 Å². The molecule has 1 heterocycles. The van der Waals surface area contributed by atoms with Crippen LogP contribution in [0.5, 0.6) is 11.5 Å². The minimum atomic E-state index is 0.357. The first kappa shape index (κ1) is 12.9. The quantitative estimate of drug-likeness (QED) is 0.746. The number of terminal acetylenes is 1. The summed E-state index contributed by atoms with van der Waals surface area (Å²) in [5, 5.41) is 11.4. The average molecular weight is 258 g/mol. The zero-order chi connectivity index (χ0) is 13.7. The molecule has 1 aromatic heterocycles. The maximum absolute atomic E-state index is 5.26. The molecule has 19 heavy (non-hydrogen) atoms. The van der Waals surface area contributed by atoms with Gasteiger partial charge in [0, 0.05) is 6.42 Å². The molecule has 6 nitrogen and oxygen atoms in total. The third-order valence-electron chi connectivity index (χ3n) is 2.66. The summed E-state index contributed by atoms with van der Waals surface area (Å²) < 4.78 is 12.0. The minimum absolute atomic E-state index is 0.357. The highest BCUT2D eigenvalue weighted by molar-refractivity contribution is 5.43. The highest BCUT2D eigenvalue weighted by Gasteiger charge is 2.09. The Hall–Kier alpha value is -2.55. The molecular formula is C13H14N4O2. The van der Waals surface area contributed by atoms with E-state index in [0.717, 1.165) is 5.56 Å². The van der Waals surface area contributed by atoms with Gasteiger partial charge in [0.2, 0.25) is 0 Å². The Balaban J connectivity index is 2.23. The predicted molar refractivity (Wildman–Crippen MR) is 69.0 cm³/mol. The fourth-order valence-corrected chi connectivity index (χ4v) is 1.73. The molecule has 0 amide bonds. The van der Waals surface area contributed by atoms with Gasteiger partial charge in [-0.05, 0) is 28.1 Å². The van der Waals surface area contributed by atoms with Gasteiger partial charge in [-0.15, -0.1) is 11.5 Å². The molecule has 98 valence electrons. The van der Waals surface area contributed by atoms with Crippen molar-refractivity contribution in [1.82, 2.24) is 20.2 Å². The molecule has 0 spiro atoms. The zero-order valence-electron chi connectivity index (χ0n) is 10.8. The molecule has 2 rings (SSSR count). The number of ether oxygens (including phenoxy) is 2. The molecule has 0 aliphatic heterocycles. The third-order valence-corrected chi connectivity index (χ3v) is 2.66. The molecule has 2 aromatic rings. The Morgan fingerprint density at radius 3 is 2.74 bits per heavy atom. The molecule has 0 aliphatic rings. The second-order valence-electron chi connectivity index (χ2n) is 3.82. The number of aromatic nitrogens is 4. The summed E-state index contributed by atoms with van der Waals surface area (Å²) in [6, 6.07) is 5.69. The maximum Gasteiger partial charge on any atom is 0.161 e. The lowest BCUT2D eigenvalue weighted by Gasteiger charge is -2.09. The monoisotopic (exact) mass is 258 g/mol. The van der Waals surface area contributed by atoms with Crippen LogP contribution in [0.4, 0.5) is 0 Å². The van der Waals surface area contributed by atoms with Crippen molar-refractivity contribution in [3.05, 3.63) is 29.6 Å². The second-order valence-corrected chi connectivity index (χ2v) is 3.82. The molecule has 1 aromatic carbocycles. The van der Waals surface area contributed by atoms with Crippen LogP contribution in [0.2, 0.25) is 0 Å². The maximum atomic E-state index is 5.26.